The zero-order valence-corrected chi connectivity index (χ0v) is 15.4. The van der Waals surface area contributed by atoms with E-state index in [1.165, 1.54) is 25.7 Å². The van der Waals surface area contributed by atoms with Gasteiger partial charge in [0.05, 0.1) is 11.7 Å². The Hall–Kier alpha value is -0.0800. The molecule has 2 unspecified atom stereocenters. The molecule has 0 amide bonds. The minimum Gasteiger partial charge on any atom is -0.344 e. The van der Waals surface area contributed by atoms with Gasteiger partial charge in [-0.25, -0.2) is 0 Å². The number of hydrogen-bond acceptors (Lipinski definition) is 2. The summed E-state index contributed by atoms with van der Waals surface area (Å²) >= 11 is 0. The van der Waals surface area contributed by atoms with Crippen LogP contribution in [0.4, 0.5) is 0 Å². The van der Waals surface area contributed by atoms with Gasteiger partial charge in [0.25, 0.3) is 0 Å². The summed E-state index contributed by atoms with van der Waals surface area (Å²) in [6.07, 6.45) is 7.86. The van der Waals surface area contributed by atoms with Crippen molar-refractivity contribution >= 4 is 0 Å². The van der Waals surface area contributed by atoms with Crippen LogP contribution in [0.15, 0.2) is 0 Å². The molecule has 4 aliphatic rings. The van der Waals surface area contributed by atoms with E-state index in [2.05, 4.69) is 41.5 Å². The van der Waals surface area contributed by atoms with Crippen molar-refractivity contribution in [3.8, 4) is 0 Å². The van der Waals surface area contributed by atoms with E-state index in [1.54, 1.807) is 0 Å². The van der Waals surface area contributed by atoms with E-state index in [-0.39, 0.29) is 11.4 Å². The topological polar surface area (TPSA) is 18.5 Å². The van der Waals surface area contributed by atoms with Crippen LogP contribution in [-0.4, -0.2) is 17.5 Å². The summed E-state index contributed by atoms with van der Waals surface area (Å²) in [5.74, 6) is 2.01. The normalized spacial score (nSPS) is 58.6. The Morgan fingerprint density at radius 1 is 1.00 bits per heavy atom. The lowest BCUT2D eigenvalue weighted by Crippen LogP contribution is -2.52. The van der Waals surface area contributed by atoms with Gasteiger partial charge in [-0.05, 0) is 68.1 Å². The molecular formula is C20H34O2. The van der Waals surface area contributed by atoms with Gasteiger partial charge in [0.15, 0.2) is 5.79 Å². The highest BCUT2D eigenvalue weighted by atomic mass is 16.8. The summed E-state index contributed by atoms with van der Waals surface area (Å²) in [6, 6.07) is 0. The molecule has 0 radical (unpaired) electrons. The minimum absolute atomic E-state index is 0.0806. The van der Waals surface area contributed by atoms with Crippen molar-refractivity contribution in [2.75, 3.05) is 0 Å². The van der Waals surface area contributed by atoms with Gasteiger partial charge in [-0.15, -0.1) is 0 Å². The first-order valence-corrected chi connectivity index (χ1v) is 9.56. The largest absolute Gasteiger partial charge is 0.344 e. The summed E-state index contributed by atoms with van der Waals surface area (Å²) in [5, 5.41) is 0. The summed E-state index contributed by atoms with van der Waals surface area (Å²) in [7, 11) is 0. The van der Waals surface area contributed by atoms with Gasteiger partial charge in [-0.2, -0.15) is 0 Å². The minimum atomic E-state index is -0.358. The fraction of sp³-hybridized carbons (Fsp3) is 1.00. The molecule has 3 aliphatic carbocycles. The van der Waals surface area contributed by atoms with Crippen LogP contribution in [-0.2, 0) is 9.47 Å². The van der Waals surface area contributed by atoms with E-state index in [1.807, 2.05) is 0 Å². The van der Waals surface area contributed by atoms with Gasteiger partial charge in [0, 0.05) is 6.42 Å². The maximum atomic E-state index is 6.72. The molecule has 1 spiro atoms. The molecule has 2 heteroatoms. The second-order valence-electron chi connectivity index (χ2n) is 9.82. The Morgan fingerprint density at radius 2 is 1.73 bits per heavy atom. The van der Waals surface area contributed by atoms with Crippen LogP contribution in [0.3, 0.4) is 0 Å². The molecule has 2 bridgehead atoms. The molecular weight excluding hydrogens is 272 g/mol. The smallest absolute Gasteiger partial charge is 0.166 e. The van der Waals surface area contributed by atoms with E-state index in [9.17, 15) is 0 Å². The molecule has 0 aromatic heterocycles. The molecule has 126 valence electrons. The first-order chi connectivity index (χ1) is 10.2. The molecule has 22 heavy (non-hydrogen) atoms. The third kappa shape index (κ3) is 1.64. The standard InChI is InChI=1S/C20H34O2/c1-7-10-18(5)21-16-12-20-11-15(19(16,6)22-18)17(3,4)14(20)9-8-13(20)2/h13-16H,7-12H2,1-6H3/t13?,14?,15-,16-,18-,19+,20+/m0/s1. The Labute approximate surface area is 136 Å². The molecule has 0 aromatic rings. The van der Waals surface area contributed by atoms with Gasteiger partial charge in [-0.1, -0.05) is 34.1 Å². The Balaban J connectivity index is 1.75. The Bertz CT molecular complexity index is 486. The third-order valence-corrected chi connectivity index (χ3v) is 8.37. The van der Waals surface area contributed by atoms with Crippen molar-refractivity contribution < 1.29 is 9.47 Å². The highest BCUT2D eigenvalue weighted by Crippen LogP contribution is 2.75. The van der Waals surface area contributed by atoms with Crippen molar-refractivity contribution in [2.45, 2.75) is 97.6 Å². The molecule has 0 aromatic carbocycles. The maximum absolute atomic E-state index is 6.72. The van der Waals surface area contributed by atoms with Crippen LogP contribution in [0.5, 0.6) is 0 Å². The van der Waals surface area contributed by atoms with Crippen molar-refractivity contribution in [1.82, 2.24) is 0 Å². The van der Waals surface area contributed by atoms with Crippen LogP contribution in [0, 0.1) is 28.6 Å². The van der Waals surface area contributed by atoms with Gasteiger partial charge in [0.1, 0.15) is 0 Å². The first-order valence-electron chi connectivity index (χ1n) is 9.56. The fourth-order valence-electron chi connectivity index (χ4n) is 7.47. The average Bonchev–Trinajstić information content (AvgIpc) is 2.92. The highest BCUT2D eigenvalue weighted by Gasteiger charge is 2.74. The zero-order chi connectivity index (χ0) is 16.0. The lowest BCUT2D eigenvalue weighted by atomic mass is 9.63. The maximum Gasteiger partial charge on any atom is 0.166 e. The van der Waals surface area contributed by atoms with Crippen LogP contribution < -0.4 is 0 Å². The monoisotopic (exact) mass is 306 g/mol. The van der Waals surface area contributed by atoms with E-state index >= 15 is 0 Å². The third-order valence-electron chi connectivity index (χ3n) is 8.37. The molecule has 1 aliphatic heterocycles. The molecule has 2 nitrogen and oxygen atoms in total. The van der Waals surface area contributed by atoms with Gasteiger partial charge >= 0.3 is 0 Å². The average molecular weight is 306 g/mol. The van der Waals surface area contributed by atoms with Crippen LogP contribution >= 0.6 is 0 Å². The number of fused-ring (bicyclic) bond motifs is 3. The summed E-state index contributed by atoms with van der Waals surface area (Å²) < 4.78 is 13.3. The molecule has 3 saturated carbocycles. The van der Waals surface area contributed by atoms with Gasteiger partial charge in [0.2, 0.25) is 0 Å². The first kappa shape index (κ1) is 15.4. The quantitative estimate of drug-likeness (QED) is 0.701. The zero-order valence-electron chi connectivity index (χ0n) is 15.4. The van der Waals surface area contributed by atoms with Crippen LogP contribution in [0.25, 0.3) is 0 Å². The van der Waals surface area contributed by atoms with Crippen molar-refractivity contribution in [3.05, 3.63) is 0 Å². The Morgan fingerprint density at radius 3 is 2.41 bits per heavy atom. The lowest BCUT2D eigenvalue weighted by molar-refractivity contribution is -0.193. The molecule has 0 N–H and O–H groups in total. The van der Waals surface area contributed by atoms with E-state index in [0.717, 1.165) is 24.7 Å². The van der Waals surface area contributed by atoms with E-state index in [0.29, 0.717) is 22.9 Å². The number of rotatable bonds is 2. The van der Waals surface area contributed by atoms with Crippen molar-refractivity contribution in [3.63, 3.8) is 0 Å². The molecule has 4 fully saturated rings. The predicted molar refractivity (Wildman–Crippen MR) is 88.5 cm³/mol. The van der Waals surface area contributed by atoms with Crippen molar-refractivity contribution in [1.29, 1.82) is 0 Å². The summed E-state index contributed by atoms with van der Waals surface area (Å²) in [6.45, 7) is 14.3. The number of ether oxygens (including phenoxy) is 2. The van der Waals surface area contributed by atoms with Gasteiger partial charge in [-0.3, -0.25) is 0 Å². The van der Waals surface area contributed by atoms with Crippen LogP contribution in [0.1, 0.15) is 80.1 Å². The van der Waals surface area contributed by atoms with Gasteiger partial charge < -0.3 is 9.47 Å². The van der Waals surface area contributed by atoms with E-state index in [4.69, 9.17) is 9.47 Å². The SMILES string of the molecule is CCC[C@@]1(C)O[C@H]2C[C@@]34C[C@@H](C(C)(C)C3CCC4C)[C@@]2(C)O1. The summed E-state index contributed by atoms with van der Waals surface area (Å²) in [5.41, 5.74) is 0.830. The molecule has 4 rings (SSSR count). The molecule has 7 atom stereocenters. The second-order valence-corrected chi connectivity index (χ2v) is 9.82. The fourth-order valence-corrected chi connectivity index (χ4v) is 7.47. The molecule has 1 heterocycles. The second kappa shape index (κ2) is 4.30. The highest BCUT2D eigenvalue weighted by molar-refractivity contribution is 5.21. The summed E-state index contributed by atoms with van der Waals surface area (Å²) in [4.78, 5) is 0. The predicted octanol–water partition coefficient (Wildman–Crippen LogP) is 5.16. The van der Waals surface area contributed by atoms with Crippen molar-refractivity contribution in [2.24, 2.45) is 28.6 Å². The van der Waals surface area contributed by atoms with Crippen LogP contribution in [0.2, 0.25) is 0 Å². The Kier molecular flexibility index (Phi) is 3.02. The lowest BCUT2D eigenvalue weighted by Gasteiger charge is -2.47. The number of hydrogen-bond donors (Lipinski definition) is 0. The molecule has 1 saturated heterocycles. The van der Waals surface area contributed by atoms with E-state index < -0.39 is 0 Å².